The van der Waals surface area contributed by atoms with Gasteiger partial charge >= 0.3 is 16.1 Å². The Morgan fingerprint density at radius 2 is 1.72 bits per heavy atom. The molecule has 1 aliphatic rings. The standard InChI is InChI=1S/C16H14Cl2N2O4S/c1-10-8-13(17)15(14(18)9-10)24-25(22,23)12-4-2-11(3-5-12)20-7-6-19-16(20)21/h2-5,8-9H,6-7H2,1H3,(H,19,21). The summed E-state index contributed by atoms with van der Waals surface area (Å²) >= 11 is 12.1. The Kier molecular flexibility index (Phi) is 4.81. The van der Waals surface area contributed by atoms with E-state index >= 15 is 0 Å². The van der Waals surface area contributed by atoms with Crippen LogP contribution < -0.4 is 14.4 Å². The van der Waals surface area contributed by atoms with Crippen molar-refractivity contribution in [3.63, 3.8) is 0 Å². The van der Waals surface area contributed by atoms with Crippen LogP contribution in [0.2, 0.25) is 10.0 Å². The number of hydrogen-bond donors (Lipinski definition) is 1. The highest BCUT2D eigenvalue weighted by atomic mass is 35.5. The molecule has 25 heavy (non-hydrogen) atoms. The fraction of sp³-hybridized carbons (Fsp3) is 0.188. The van der Waals surface area contributed by atoms with E-state index in [0.29, 0.717) is 18.8 Å². The predicted molar refractivity (Wildman–Crippen MR) is 96.2 cm³/mol. The third-order valence-electron chi connectivity index (χ3n) is 3.63. The lowest BCUT2D eigenvalue weighted by Crippen LogP contribution is -2.27. The van der Waals surface area contributed by atoms with Gasteiger partial charge in [0.05, 0.1) is 10.0 Å². The number of amides is 2. The molecule has 0 saturated carbocycles. The highest BCUT2D eigenvalue weighted by Gasteiger charge is 2.24. The third-order valence-corrected chi connectivity index (χ3v) is 5.43. The molecule has 2 amide bonds. The van der Waals surface area contributed by atoms with Crippen LogP contribution in [0.5, 0.6) is 5.75 Å². The summed E-state index contributed by atoms with van der Waals surface area (Å²) in [4.78, 5) is 13.1. The highest BCUT2D eigenvalue weighted by Crippen LogP contribution is 2.36. The van der Waals surface area contributed by atoms with Gasteiger partial charge in [-0.3, -0.25) is 4.90 Å². The van der Waals surface area contributed by atoms with Crippen molar-refractivity contribution < 1.29 is 17.4 Å². The van der Waals surface area contributed by atoms with Crippen molar-refractivity contribution in [3.8, 4) is 5.75 Å². The number of hydrogen-bond acceptors (Lipinski definition) is 4. The zero-order valence-electron chi connectivity index (χ0n) is 13.1. The Morgan fingerprint density at radius 3 is 2.24 bits per heavy atom. The van der Waals surface area contributed by atoms with E-state index in [0.717, 1.165) is 5.56 Å². The lowest BCUT2D eigenvalue weighted by Gasteiger charge is -2.15. The first-order chi connectivity index (χ1) is 11.8. The molecule has 0 spiro atoms. The van der Waals surface area contributed by atoms with E-state index in [-0.39, 0.29) is 26.7 Å². The molecule has 9 heteroatoms. The Morgan fingerprint density at radius 1 is 1.12 bits per heavy atom. The van der Waals surface area contributed by atoms with Crippen LogP contribution in [0.1, 0.15) is 5.56 Å². The van der Waals surface area contributed by atoms with Crippen LogP contribution in [0.25, 0.3) is 0 Å². The predicted octanol–water partition coefficient (Wildman–Crippen LogP) is 3.60. The Labute approximate surface area is 155 Å². The molecule has 1 N–H and O–H groups in total. The summed E-state index contributed by atoms with van der Waals surface area (Å²) < 4.78 is 30.0. The molecular formula is C16H14Cl2N2O4S. The summed E-state index contributed by atoms with van der Waals surface area (Å²) in [6, 6.07) is 8.73. The van der Waals surface area contributed by atoms with Gasteiger partial charge in [0, 0.05) is 18.8 Å². The molecular weight excluding hydrogens is 387 g/mol. The lowest BCUT2D eigenvalue weighted by molar-refractivity contribution is 0.252. The molecule has 1 heterocycles. The monoisotopic (exact) mass is 400 g/mol. The van der Waals surface area contributed by atoms with Crippen molar-refractivity contribution in [2.24, 2.45) is 0 Å². The molecule has 1 fully saturated rings. The van der Waals surface area contributed by atoms with Gasteiger partial charge in [-0.25, -0.2) is 4.79 Å². The van der Waals surface area contributed by atoms with Crippen LogP contribution in [0.4, 0.5) is 10.5 Å². The van der Waals surface area contributed by atoms with Gasteiger partial charge < -0.3 is 9.50 Å². The van der Waals surface area contributed by atoms with E-state index in [1.54, 1.807) is 31.2 Å². The Hall–Kier alpha value is -1.96. The fourth-order valence-corrected chi connectivity index (χ4v) is 4.16. The molecule has 0 aliphatic carbocycles. The second kappa shape index (κ2) is 6.74. The van der Waals surface area contributed by atoms with Gasteiger partial charge in [-0.05, 0) is 48.9 Å². The van der Waals surface area contributed by atoms with Gasteiger partial charge in [0.2, 0.25) is 0 Å². The molecule has 3 rings (SSSR count). The molecule has 2 aromatic rings. The van der Waals surface area contributed by atoms with E-state index in [1.165, 1.54) is 17.0 Å². The fourth-order valence-electron chi connectivity index (χ4n) is 2.43. The van der Waals surface area contributed by atoms with E-state index in [2.05, 4.69) is 5.32 Å². The van der Waals surface area contributed by atoms with Crippen molar-refractivity contribution in [2.45, 2.75) is 11.8 Å². The second-order valence-corrected chi connectivity index (χ2v) is 7.83. The number of halogens is 2. The van der Waals surface area contributed by atoms with Gasteiger partial charge in [-0.15, -0.1) is 0 Å². The molecule has 1 saturated heterocycles. The molecule has 2 aromatic carbocycles. The maximum absolute atomic E-state index is 12.5. The van der Waals surface area contributed by atoms with Crippen molar-refractivity contribution in [3.05, 3.63) is 52.0 Å². The Bertz CT molecular complexity index is 907. The van der Waals surface area contributed by atoms with E-state index < -0.39 is 10.1 Å². The van der Waals surface area contributed by atoms with Crippen LogP contribution in [0.15, 0.2) is 41.3 Å². The molecule has 0 radical (unpaired) electrons. The number of rotatable bonds is 4. The number of carbonyl (C=O) groups is 1. The molecule has 0 atom stereocenters. The Balaban J connectivity index is 1.87. The first-order valence-electron chi connectivity index (χ1n) is 7.33. The average Bonchev–Trinajstić information content (AvgIpc) is 2.97. The molecule has 0 aromatic heterocycles. The molecule has 6 nitrogen and oxygen atoms in total. The number of carbonyl (C=O) groups excluding carboxylic acids is 1. The van der Waals surface area contributed by atoms with Crippen LogP contribution in [-0.4, -0.2) is 27.5 Å². The molecule has 132 valence electrons. The minimum atomic E-state index is -4.11. The minimum Gasteiger partial charge on any atom is -0.376 e. The summed E-state index contributed by atoms with van der Waals surface area (Å²) in [6.07, 6.45) is 0. The molecule has 0 bridgehead atoms. The summed E-state index contributed by atoms with van der Waals surface area (Å²) in [7, 11) is -4.11. The summed E-state index contributed by atoms with van der Waals surface area (Å²) in [5.41, 5.74) is 1.38. The minimum absolute atomic E-state index is 0.0661. The quantitative estimate of drug-likeness (QED) is 0.795. The van der Waals surface area contributed by atoms with Crippen LogP contribution >= 0.6 is 23.2 Å². The van der Waals surface area contributed by atoms with Gasteiger partial charge in [0.25, 0.3) is 0 Å². The lowest BCUT2D eigenvalue weighted by atomic mass is 10.2. The van der Waals surface area contributed by atoms with E-state index in [1.807, 2.05) is 0 Å². The van der Waals surface area contributed by atoms with Gasteiger partial charge in [0.1, 0.15) is 4.90 Å². The van der Waals surface area contributed by atoms with E-state index in [9.17, 15) is 13.2 Å². The first kappa shape index (κ1) is 17.8. The van der Waals surface area contributed by atoms with Crippen LogP contribution in [-0.2, 0) is 10.1 Å². The number of nitrogens with zero attached hydrogens (tertiary/aromatic N) is 1. The summed E-state index contributed by atoms with van der Waals surface area (Å²) in [5.74, 6) is -0.114. The topological polar surface area (TPSA) is 75.7 Å². The number of aryl methyl sites for hydroxylation is 1. The molecule has 1 aliphatic heterocycles. The second-order valence-electron chi connectivity index (χ2n) is 5.47. The largest absolute Gasteiger partial charge is 0.376 e. The SMILES string of the molecule is Cc1cc(Cl)c(OS(=O)(=O)c2ccc(N3CCNC3=O)cc2)c(Cl)c1. The summed E-state index contributed by atoms with van der Waals surface area (Å²) in [6.45, 7) is 2.85. The number of anilines is 1. The zero-order valence-corrected chi connectivity index (χ0v) is 15.5. The van der Waals surface area contributed by atoms with Gasteiger partial charge in [-0.1, -0.05) is 23.2 Å². The normalized spacial score (nSPS) is 14.5. The average molecular weight is 401 g/mol. The van der Waals surface area contributed by atoms with Crippen molar-refractivity contribution in [2.75, 3.05) is 18.0 Å². The first-order valence-corrected chi connectivity index (χ1v) is 9.50. The van der Waals surface area contributed by atoms with Gasteiger partial charge in [0.15, 0.2) is 5.75 Å². The maximum atomic E-state index is 12.5. The van der Waals surface area contributed by atoms with Crippen molar-refractivity contribution in [1.29, 1.82) is 0 Å². The number of nitrogens with one attached hydrogen (secondary N) is 1. The van der Waals surface area contributed by atoms with Crippen molar-refractivity contribution in [1.82, 2.24) is 5.32 Å². The number of benzene rings is 2. The van der Waals surface area contributed by atoms with E-state index in [4.69, 9.17) is 27.4 Å². The van der Waals surface area contributed by atoms with Gasteiger partial charge in [-0.2, -0.15) is 8.42 Å². The summed E-state index contributed by atoms with van der Waals surface area (Å²) in [5, 5.41) is 2.90. The molecule has 0 unspecified atom stereocenters. The zero-order chi connectivity index (χ0) is 18.2. The maximum Gasteiger partial charge on any atom is 0.339 e. The highest BCUT2D eigenvalue weighted by molar-refractivity contribution is 7.87. The number of urea groups is 1. The third kappa shape index (κ3) is 3.68. The van der Waals surface area contributed by atoms with Crippen molar-refractivity contribution >= 4 is 45.0 Å². The smallest absolute Gasteiger partial charge is 0.339 e. The van der Waals surface area contributed by atoms with Crippen LogP contribution in [0, 0.1) is 6.92 Å². The van der Waals surface area contributed by atoms with Crippen LogP contribution in [0.3, 0.4) is 0 Å².